The normalized spacial score (nSPS) is 23.9. The number of nitrogens with zero attached hydrogens (tertiary/aromatic N) is 1. The van der Waals surface area contributed by atoms with Gasteiger partial charge in [-0.25, -0.2) is 12.7 Å². The summed E-state index contributed by atoms with van der Waals surface area (Å²) in [5.41, 5.74) is 0.827. The molecule has 5 heteroatoms. The van der Waals surface area contributed by atoms with Gasteiger partial charge < -0.3 is 0 Å². The van der Waals surface area contributed by atoms with Gasteiger partial charge in [0.05, 0.1) is 5.75 Å². The summed E-state index contributed by atoms with van der Waals surface area (Å²) in [5.74, 6) is 0.490. The zero-order chi connectivity index (χ0) is 13.2. The minimum Gasteiger partial charge on any atom is -0.212 e. The first-order valence-electron chi connectivity index (χ1n) is 6.09. The van der Waals surface area contributed by atoms with Crippen LogP contribution in [0.4, 0.5) is 0 Å². The summed E-state index contributed by atoms with van der Waals surface area (Å²) in [5, 5.41) is 0.236. The van der Waals surface area contributed by atoms with Crippen LogP contribution in [0.15, 0.2) is 30.3 Å². The smallest absolute Gasteiger partial charge is 0.212 e. The lowest BCUT2D eigenvalue weighted by Crippen LogP contribution is -2.38. The maximum Gasteiger partial charge on any atom is 0.218 e. The minimum absolute atomic E-state index is 0.0708. The lowest BCUT2D eigenvalue weighted by Gasteiger charge is -2.33. The molecule has 0 saturated heterocycles. The van der Waals surface area contributed by atoms with Crippen LogP contribution in [0, 0.1) is 5.92 Å². The van der Waals surface area contributed by atoms with Crippen molar-refractivity contribution in [3.05, 3.63) is 35.9 Å². The van der Waals surface area contributed by atoms with Gasteiger partial charge in [-0.1, -0.05) is 30.3 Å². The van der Waals surface area contributed by atoms with Crippen molar-refractivity contribution in [3.63, 3.8) is 0 Å². The lowest BCUT2D eigenvalue weighted by atomic mass is 9.85. The van der Waals surface area contributed by atoms with Crippen LogP contribution >= 0.6 is 11.6 Å². The van der Waals surface area contributed by atoms with Crippen molar-refractivity contribution in [2.24, 2.45) is 5.92 Å². The second-order valence-corrected chi connectivity index (χ2v) is 7.65. The average Bonchev–Trinajstić information content (AvgIpc) is 2.27. The van der Waals surface area contributed by atoms with Crippen LogP contribution in [-0.4, -0.2) is 31.7 Å². The number of benzene rings is 1. The first kappa shape index (κ1) is 13.8. The van der Waals surface area contributed by atoms with Crippen molar-refractivity contribution in [1.29, 1.82) is 0 Å². The molecule has 0 radical (unpaired) electrons. The fourth-order valence-electron chi connectivity index (χ4n) is 2.18. The Labute approximate surface area is 114 Å². The van der Waals surface area contributed by atoms with E-state index in [4.69, 9.17) is 11.6 Å². The van der Waals surface area contributed by atoms with Crippen LogP contribution in [0.25, 0.3) is 0 Å². The first-order chi connectivity index (χ1) is 8.47. The minimum atomic E-state index is -3.21. The van der Waals surface area contributed by atoms with Gasteiger partial charge in [-0.05, 0) is 24.3 Å². The predicted octanol–water partition coefficient (Wildman–Crippen LogP) is 2.47. The van der Waals surface area contributed by atoms with Gasteiger partial charge in [-0.15, -0.1) is 11.6 Å². The summed E-state index contributed by atoms with van der Waals surface area (Å²) in [6, 6.07) is 9.27. The number of alkyl halides is 1. The zero-order valence-electron chi connectivity index (χ0n) is 10.4. The van der Waals surface area contributed by atoms with Crippen LogP contribution in [0.5, 0.6) is 0 Å². The standard InChI is InChI=1S/C13H18ClNO2S/c1-15(9-12-7-13(14)8-12)18(16,17)10-11-5-3-2-4-6-11/h2-6,12-13H,7-10H2,1H3. The van der Waals surface area contributed by atoms with E-state index in [1.807, 2.05) is 30.3 Å². The van der Waals surface area contributed by atoms with Crippen molar-refractivity contribution < 1.29 is 8.42 Å². The molecule has 0 spiro atoms. The molecule has 3 nitrogen and oxygen atoms in total. The van der Waals surface area contributed by atoms with Gasteiger partial charge in [0.25, 0.3) is 0 Å². The summed E-state index contributed by atoms with van der Waals surface area (Å²) in [7, 11) is -1.56. The Balaban J connectivity index is 1.93. The molecule has 0 heterocycles. The third-order valence-corrected chi connectivity index (χ3v) is 5.51. The molecule has 1 aromatic rings. The molecule has 100 valence electrons. The van der Waals surface area contributed by atoms with E-state index in [2.05, 4.69) is 0 Å². The molecule has 0 aromatic heterocycles. The monoisotopic (exact) mass is 287 g/mol. The molecule has 0 aliphatic heterocycles. The Kier molecular flexibility index (Phi) is 4.30. The zero-order valence-corrected chi connectivity index (χ0v) is 12.0. The van der Waals surface area contributed by atoms with Crippen molar-refractivity contribution in [2.45, 2.75) is 24.0 Å². The molecule has 1 aliphatic rings. The van der Waals surface area contributed by atoms with Gasteiger partial charge in [0.2, 0.25) is 10.0 Å². The Morgan fingerprint density at radius 3 is 2.44 bits per heavy atom. The number of rotatable bonds is 5. The molecule has 1 fully saturated rings. The maximum absolute atomic E-state index is 12.1. The predicted molar refractivity (Wildman–Crippen MR) is 74.1 cm³/mol. The van der Waals surface area contributed by atoms with E-state index in [1.54, 1.807) is 7.05 Å². The summed E-state index contributed by atoms with van der Waals surface area (Å²) in [6.45, 7) is 0.582. The summed E-state index contributed by atoms with van der Waals surface area (Å²) < 4.78 is 25.8. The fraction of sp³-hybridized carbons (Fsp3) is 0.538. The van der Waals surface area contributed by atoms with Crippen LogP contribution in [-0.2, 0) is 15.8 Å². The molecule has 2 rings (SSSR count). The van der Waals surface area contributed by atoms with Crippen molar-refractivity contribution in [1.82, 2.24) is 4.31 Å². The molecule has 1 saturated carbocycles. The quantitative estimate of drug-likeness (QED) is 0.780. The summed E-state index contributed by atoms with van der Waals surface area (Å²) >= 11 is 5.90. The van der Waals surface area contributed by atoms with E-state index in [0.717, 1.165) is 18.4 Å². The average molecular weight is 288 g/mol. The molecular weight excluding hydrogens is 270 g/mol. The lowest BCUT2D eigenvalue weighted by molar-refractivity contribution is 0.268. The summed E-state index contributed by atoms with van der Waals surface area (Å²) in [4.78, 5) is 0. The Hall–Kier alpha value is -0.580. The molecule has 0 atom stereocenters. The van der Waals surface area contributed by atoms with E-state index < -0.39 is 10.0 Å². The molecule has 0 N–H and O–H groups in total. The van der Waals surface area contributed by atoms with Gasteiger partial charge in [0.1, 0.15) is 0 Å². The van der Waals surface area contributed by atoms with E-state index in [1.165, 1.54) is 4.31 Å². The second-order valence-electron chi connectivity index (χ2n) is 4.96. The van der Waals surface area contributed by atoms with Crippen LogP contribution in [0.2, 0.25) is 0 Å². The highest BCUT2D eigenvalue weighted by Gasteiger charge is 2.31. The SMILES string of the molecule is CN(CC1CC(Cl)C1)S(=O)(=O)Cc1ccccc1. The largest absolute Gasteiger partial charge is 0.218 e. The van der Waals surface area contributed by atoms with E-state index in [-0.39, 0.29) is 11.1 Å². The van der Waals surface area contributed by atoms with Crippen LogP contribution in [0.3, 0.4) is 0 Å². The van der Waals surface area contributed by atoms with Gasteiger partial charge in [0.15, 0.2) is 0 Å². The van der Waals surface area contributed by atoms with Gasteiger partial charge in [0, 0.05) is 19.0 Å². The fourth-order valence-corrected chi connectivity index (χ4v) is 3.95. The number of halogens is 1. The highest BCUT2D eigenvalue weighted by atomic mass is 35.5. The Bertz CT molecular complexity index is 483. The Morgan fingerprint density at radius 2 is 1.89 bits per heavy atom. The van der Waals surface area contributed by atoms with Crippen LogP contribution < -0.4 is 0 Å². The molecule has 0 amide bonds. The number of hydrogen-bond donors (Lipinski definition) is 0. The molecule has 0 bridgehead atoms. The topological polar surface area (TPSA) is 37.4 Å². The first-order valence-corrected chi connectivity index (χ1v) is 8.14. The Morgan fingerprint density at radius 1 is 1.28 bits per heavy atom. The van der Waals surface area contributed by atoms with Crippen LogP contribution in [0.1, 0.15) is 18.4 Å². The number of sulfonamides is 1. The summed E-state index contributed by atoms with van der Waals surface area (Å²) in [6.07, 6.45) is 1.85. The number of hydrogen-bond acceptors (Lipinski definition) is 2. The van der Waals surface area contributed by atoms with Crippen molar-refractivity contribution in [2.75, 3.05) is 13.6 Å². The highest BCUT2D eigenvalue weighted by molar-refractivity contribution is 7.88. The molecule has 0 unspecified atom stereocenters. The highest BCUT2D eigenvalue weighted by Crippen LogP contribution is 2.32. The van der Waals surface area contributed by atoms with E-state index in [0.29, 0.717) is 12.5 Å². The second kappa shape index (κ2) is 5.59. The van der Waals surface area contributed by atoms with Gasteiger partial charge in [-0.3, -0.25) is 0 Å². The van der Waals surface area contributed by atoms with Gasteiger partial charge >= 0.3 is 0 Å². The molecule has 1 aliphatic carbocycles. The van der Waals surface area contributed by atoms with E-state index >= 15 is 0 Å². The maximum atomic E-state index is 12.1. The third-order valence-electron chi connectivity index (χ3n) is 3.36. The van der Waals surface area contributed by atoms with E-state index in [9.17, 15) is 8.42 Å². The molecule has 18 heavy (non-hydrogen) atoms. The van der Waals surface area contributed by atoms with Crippen molar-refractivity contribution >= 4 is 21.6 Å². The molecular formula is C13H18ClNO2S. The van der Waals surface area contributed by atoms with Crippen molar-refractivity contribution in [3.8, 4) is 0 Å². The van der Waals surface area contributed by atoms with Gasteiger partial charge in [-0.2, -0.15) is 0 Å². The molecule has 1 aromatic carbocycles. The third kappa shape index (κ3) is 3.46.